The van der Waals surface area contributed by atoms with Gasteiger partial charge in [-0.3, -0.25) is 14.4 Å². The molecule has 19 atom stereocenters. The Morgan fingerprint density at radius 2 is 1.54 bits per heavy atom. The predicted octanol–water partition coefficient (Wildman–Crippen LogP) is 14.2. The van der Waals surface area contributed by atoms with Gasteiger partial charge in [0.2, 0.25) is 6.10 Å². The van der Waals surface area contributed by atoms with Gasteiger partial charge in [0.15, 0.2) is 5.60 Å². The molecule has 16 nitrogen and oxygen atoms in total. The number of hydrogen-bond acceptors (Lipinski definition) is 15. The van der Waals surface area contributed by atoms with Crippen molar-refractivity contribution in [2.75, 3.05) is 26.4 Å². The maximum atomic E-state index is 15.8. The summed E-state index contributed by atoms with van der Waals surface area (Å²) in [7, 11) is 0. The Morgan fingerprint density at radius 1 is 0.839 bits per heavy atom. The van der Waals surface area contributed by atoms with Crippen LogP contribution in [0.4, 0.5) is 4.79 Å². The van der Waals surface area contributed by atoms with Crippen molar-refractivity contribution in [3.63, 3.8) is 0 Å². The molecule has 512 valence electrons. The first-order valence-corrected chi connectivity index (χ1v) is 35.2. The highest BCUT2D eigenvalue weighted by molar-refractivity contribution is 5.92. The summed E-state index contributed by atoms with van der Waals surface area (Å²) < 4.78 is 50.2. The van der Waals surface area contributed by atoms with Crippen LogP contribution in [0.15, 0.2) is 83.5 Å². The third-order valence-corrected chi connectivity index (χ3v) is 24.9. The number of amides is 1. The van der Waals surface area contributed by atoms with Crippen LogP contribution in [0.3, 0.4) is 0 Å². The average molecular weight is 1290 g/mol. The molecule has 2 aromatic rings. The number of rotatable bonds is 21. The van der Waals surface area contributed by atoms with Gasteiger partial charge in [-0.25, -0.2) is 14.4 Å². The Bertz CT molecular complexity index is 3130. The molecule has 2 bridgehead atoms. The van der Waals surface area contributed by atoms with E-state index >= 15 is 9.59 Å². The van der Waals surface area contributed by atoms with E-state index in [1.807, 2.05) is 13.8 Å². The van der Waals surface area contributed by atoms with Crippen molar-refractivity contribution in [2.45, 2.75) is 247 Å². The van der Waals surface area contributed by atoms with Crippen LogP contribution in [0.1, 0.15) is 216 Å². The van der Waals surface area contributed by atoms with Crippen molar-refractivity contribution >= 4 is 35.8 Å². The molecule has 6 fully saturated rings. The molecule has 1 aliphatic heterocycles. The Hall–Kier alpha value is -5.42. The molecule has 93 heavy (non-hydrogen) atoms. The number of nitrogens with one attached hydrogen (secondary N) is 1. The Morgan fingerprint density at radius 3 is 2.19 bits per heavy atom. The van der Waals surface area contributed by atoms with Crippen molar-refractivity contribution in [3.8, 4) is 0 Å². The summed E-state index contributed by atoms with van der Waals surface area (Å²) in [6.07, 6.45) is 9.61. The lowest BCUT2D eigenvalue weighted by Gasteiger charge is -2.68. The second-order valence-electron chi connectivity index (χ2n) is 32.1. The Kier molecular flexibility index (Phi) is 20.6. The van der Waals surface area contributed by atoms with Gasteiger partial charge < -0.3 is 48.3 Å². The number of Topliss-reactive ketones (excluding diaryl/α,β-unsaturated/α-hetero) is 1. The topological polar surface area (TPSA) is 209 Å². The lowest BCUT2D eigenvalue weighted by Crippen LogP contribution is -2.80. The molecule has 5 saturated carbocycles. The number of aliphatic hydroxyl groups is 1. The standard InChI is InChI=1S/C77H109NO15/c1-45(2)23-22-24-46(3)56-31-32-57-55-30-29-53-42-54(33-36-73(53,13)58(55)34-37-74(56,57)14)87-40-39-86-38-35-61(80)90-64(63(51-25-18-16-19-26-51)78-70(84)93-71(8,9)10)69(83)89-59-43-77(85)67(91-68(82)52-27-20-17-21-28-52)65-75(15,66(81)49(6)62(48(59)5)72(77,11)12)47(4)41-60-76(65,44-88-60)92-50(7)79/h16-21,25-29,45-47,49,54-60,63-65,67,85H,22-24,30-44H2,1-15H3,(H,78,84)/t46-,47+,49-,54+,55?,56-,57?,58?,59+,60-,63+,64-,65+,67+,73+,74-,75-,76+,77-/m1/s1. The van der Waals surface area contributed by atoms with Crippen molar-refractivity contribution in [3.05, 3.63) is 94.6 Å². The molecule has 10 rings (SSSR count). The summed E-state index contributed by atoms with van der Waals surface area (Å²) in [5, 5.41) is 16.9. The quantitative estimate of drug-likeness (QED) is 0.0516. The molecule has 1 amide bonds. The number of fused-ring (bicyclic) bond motifs is 10. The van der Waals surface area contributed by atoms with Crippen molar-refractivity contribution < 1.29 is 71.8 Å². The van der Waals surface area contributed by atoms with Crippen LogP contribution < -0.4 is 5.32 Å². The average Bonchev–Trinajstić information content (AvgIpc) is 1.08. The van der Waals surface area contributed by atoms with E-state index in [1.165, 1.54) is 58.3 Å². The Balaban J connectivity index is 0.857. The number of esters is 4. The van der Waals surface area contributed by atoms with Crippen LogP contribution in [0.25, 0.3) is 0 Å². The first-order chi connectivity index (χ1) is 43.8. The molecule has 0 spiro atoms. The fourth-order valence-corrected chi connectivity index (χ4v) is 20.0. The maximum Gasteiger partial charge on any atom is 0.408 e. The highest BCUT2D eigenvalue weighted by atomic mass is 16.6. The van der Waals surface area contributed by atoms with E-state index < -0.39 is 106 Å². The van der Waals surface area contributed by atoms with Gasteiger partial charge in [0, 0.05) is 30.1 Å². The summed E-state index contributed by atoms with van der Waals surface area (Å²) >= 11 is 0. The van der Waals surface area contributed by atoms with E-state index in [0.29, 0.717) is 41.1 Å². The summed E-state index contributed by atoms with van der Waals surface area (Å²) in [4.78, 5) is 87.4. The van der Waals surface area contributed by atoms with Gasteiger partial charge in [-0.1, -0.05) is 149 Å². The molecular formula is C77H109NO15. The Labute approximate surface area is 553 Å². The molecule has 0 aromatic heterocycles. The van der Waals surface area contributed by atoms with Crippen molar-refractivity contribution in [2.24, 2.45) is 74.9 Å². The SMILES string of the molecule is CC(=O)O[C@@]12CO[C@@H]1C[C@H](C)[C@@]1(C)C(=O)[C@H](C)C3=C(C)[C@@H](OC(=O)[C@H](OC(=O)CCOCCO[C@H]4CC[C@@]5(C)C(=CCC6C5CC[C@@]5(C)C6CC[C@@H]5[C@H](C)CCCC(C)C)C4)[C@@H](NC(=O)OC(C)(C)C)c4ccccc4)C[C@@](O)([C@@H](OC(=O)c4ccccc4)[C@H]21)C3(C)C. The van der Waals surface area contributed by atoms with Crippen LogP contribution >= 0.6 is 0 Å². The number of benzene rings is 2. The largest absolute Gasteiger partial charge is 0.455 e. The third-order valence-electron chi connectivity index (χ3n) is 24.9. The van der Waals surface area contributed by atoms with E-state index in [4.69, 9.17) is 37.9 Å². The third kappa shape index (κ3) is 13.3. The maximum absolute atomic E-state index is 15.8. The van der Waals surface area contributed by atoms with Gasteiger partial charge in [-0.2, -0.15) is 0 Å². The van der Waals surface area contributed by atoms with Gasteiger partial charge >= 0.3 is 30.0 Å². The summed E-state index contributed by atoms with van der Waals surface area (Å²) in [5.74, 6) is -1.42. The second kappa shape index (κ2) is 27.2. The minimum atomic E-state index is -2.17. The summed E-state index contributed by atoms with van der Waals surface area (Å²) in [6.45, 7) is 30.0. The molecule has 2 N–H and O–H groups in total. The minimum absolute atomic E-state index is 0.0571. The molecule has 1 heterocycles. The number of carbonyl (C=O) groups excluding carboxylic acids is 6. The number of carbonyl (C=O) groups is 6. The molecule has 8 aliphatic rings. The van der Waals surface area contributed by atoms with E-state index in [-0.39, 0.29) is 55.5 Å². The van der Waals surface area contributed by atoms with Gasteiger partial charge in [0.1, 0.15) is 41.3 Å². The molecule has 3 unspecified atom stereocenters. The highest BCUT2D eigenvalue weighted by Gasteiger charge is 2.77. The van der Waals surface area contributed by atoms with Gasteiger partial charge in [-0.15, -0.1) is 0 Å². The van der Waals surface area contributed by atoms with Crippen molar-refractivity contribution in [1.29, 1.82) is 0 Å². The molecule has 7 aliphatic carbocycles. The van der Waals surface area contributed by atoms with Crippen LogP contribution in [0.2, 0.25) is 0 Å². The minimum Gasteiger partial charge on any atom is -0.455 e. The van der Waals surface area contributed by atoms with Crippen LogP contribution in [0.5, 0.6) is 0 Å². The zero-order valence-electron chi connectivity index (χ0n) is 58.4. The van der Waals surface area contributed by atoms with E-state index in [2.05, 4.69) is 46.0 Å². The first kappa shape index (κ1) is 70.4. The van der Waals surface area contributed by atoms with Crippen LogP contribution in [0, 0.1) is 74.9 Å². The molecule has 1 saturated heterocycles. The number of alkyl carbamates (subject to hydrolysis) is 1. The summed E-state index contributed by atoms with van der Waals surface area (Å²) in [6, 6.07) is 15.5. The fourth-order valence-electron chi connectivity index (χ4n) is 20.0. The zero-order chi connectivity index (χ0) is 67.4. The number of allylic oxidation sites excluding steroid dienone is 1. The van der Waals surface area contributed by atoms with Gasteiger partial charge in [-0.05, 0) is 167 Å². The fraction of sp³-hybridized carbons (Fsp3) is 0.714. The van der Waals surface area contributed by atoms with E-state index in [0.717, 1.165) is 48.9 Å². The lowest BCUT2D eigenvalue weighted by molar-refractivity contribution is -0.339. The second-order valence-corrected chi connectivity index (χ2v) is 32.1. The normalized spacial score (nSPS) is 36.0. The van der Waals surface area contributed by atoms with Crippen molar-refractivity contribution in [1.82, 2.24) is 5.32 Å². The molecular weight excluding hydrogens is 1180 g/mol. The van der Waals surface area contributed by atoms with E-state index in [1.54, 1.807) is 115 Å². The monoisotopic (exact) mass is 1290 g/mol. The molecule has 2 aromatic carbocycles. The zero-order valence-corrected chi connectivity index (χ0v) is 58.4. The molecule has 16 heteroatoms. The van der Waals surface area contributed by atoms with Gasteiger partial charge in [0.05, 0.1) is 50.4 Å². The number of ether oxygens (including phenoxy) is 8. The smallest absolute Gasteiger partial charge is 0.408 e. The predicted molar refractivity (Wildman–Crippen MR) is 352 cm³/mol. The number of ketones is 1. The van der Waals surface area contributed by atoms with Gasteiger partial charge in [0.25, 0.3) is 0 Å². The number of hydrogen-bond donors (Lipinski definition) is 2. The van der Waals surface area contributed by atoms with E-state index in [9.17, 15) is 24.3 Å². The highest BCUT2D eigenvalue weighted by Crippen LogP contribution is 2.69. The first-order valence-electron chi connectivity index (χ1n) is 35.2. The lowest BCUT2D eigenvalue weighted by atomic mass is 9.42. The van der Waals surface area contributed by atoms with Crippen LogP contribution in [-0.2, 0) is 57.1 Å². The summed E-state index contributed by atoms with van der Waals surface area (Å²) in [5.41, 5.74) is -3.70. The van der Waals surface area contributed by atoms with Crippen LogP contribution in [-0.4, -0.2) is 115 Å². The molecule has 0 radical (unpaired) electrons.